The van der Waals surface area contributed by atoms with E-state index in [-0.39, 0.29) is 0 Å². The van der Waals surface area contributed by atoms with Gasteiger partial charge in [-0.05, 0) is 5.56 Å². The second-order valence-corrected chi connectivity index (χ2v) is 3.66. The maximum absolute atomic E-state index is 11.2. The summed E-state index contributed by atoms with van der Waals surface area (Å²) in [7, 11) is 0. The Balaban J connectivity index is 2.71. The van der Waals surface area contributed by atoms with E-state index in [9.17, 15) is 9.00 Å². The highest BCUT2D eigenvalue weighted by Crippen LogP contribution is 2.11. The first-order valence-electron chi connectivity index (χ1n) is 3.97. The first-order chi connectivity index (χ1) is 6.61. The first kappa shape index (κ1) is 10.9. The van der Waals surface area contributed by atoms with Gasteiger partial charge in [0.2, 0.25) is 11.1 Å². The van der Waals surface area contributed by atoms with Gasteiger partial charge >= 0.3 is 5.97 Å². The van der Waals surface area contributed by atoms with Gasteiger partial charge in [-0.3, -0.25) is 0 Å². The minimum atomic E-state index is -1.62. The molecule has 0 aromatic heterocycles. The second kappa shape index (κ2) is 4.88. The lowest BCUT2D eigenvalue weighted by atomic mass is 10.1. The van der Waals surface area contributed by atoms with E-state index in [1.807, 2.05) is 6.07 Å². The third-order valence-electron chi connectivity index (χ3n) is 1.61. The van der Waals surface area contributed by atoms with Gasteiger partial charge in [0.1, 0.15) is 6.04 Å². The van der Waals surface area contributed by atoms with Crippen molar-refractivity contribution in [3.63, 3.8) is 0 Å². The molecule has 14 heavy (non-hydrogen) atoms. The largest absolute Gasteiger partial charge is 0.363 e. The number of carbonyl (C=O) groups excluding carboxylic acids is 1. The Labute approximate surface area is 84.7 Å². The van der Waals surface area contributed by atoms with Crippen molar-refractivity contribution in [1.29, 1.82) is 0 Å². The van der Waals surface area contributed by atoms with E-state index in [4.69, 9.17) is 5.73 Å². The Morgan fingerprint density at radius 2 is 2.00 bits per heavy atom. The summed E-state index contributed by atoms with van der Waals surface area (Å²) in [6, 6.07) is 7.91. The van der Waals surface area contributed by atoms with Crippen molar-refractivity contribution in [3.05, 3.63) is 35.9 Å². The molecule has 0 saturated heterocycles. The average Bonchev–Trinajstić information content (AvgIpc) is 2.17. The van der Waals surface area contributed by atoms with Crippen LogP contribution in [0.15, 0.2) is 30.3 Å². The lowest BCUT2D eigenvalue weighted by molar-refractivity contribution is -0.135. The fourth-order valence-corrected chi connectivity index (χ4v) is 1.30. The maximum atomic E-state index is 11.2. The predicted octanol–water partition coefficient (Wildman–Crippen LogP) is 0.523. The van der Waals surface area contributed by atoms with Crippen LogP contribution in [0, 0.1) is 0 Å². The third kappa shape index (κ3) is 2.93. The molecule has 0 amide bonds. The molecule has 1 aromatic carbocycles. The van der Waals surface area contributed by atoms with Gasteiger partial charge in [-0.25, -0.2) is 9.00 Å². The van der Waals surface area contributed by atoms with Gasteiger partial charge in [-0.2, -0.15) is 0 Å². The minimum absolute atomic E-state index is 0.642. The summed E-state index contributed by atoms with van der Waals surface area (Å²) in [6.45, 7) is 0. The summed E-state index contributed by atoms with van der Waals surface area (Å²) in [6.07, 6.45) is 1.27. The average molecular weight is 213 g/mol. The Kier molecular flexibility index (Phi) is 3.79. The third-order valence-corrected chi connectivity index (χ3v) is 2.01. The molecule has 2 N–H and O–H groups in total. The fraction of sp³-hybridized carbons (Fsp3) is 0.222. The standard InChI is InChI=1S/C9H11NO3S/c1-14(12)13-9(11)8(10)7-5-3-2-4-6-7/h2-6,8H,10H2,1H3. The highest BCUT2D eigenvalue weighted by molar-refractivity contribution is 7.79. The van der Waals surface area contributed by atoms with Crippen molar-refractivity contribution < 1.29 is 13.2 Å². The van der Waals surface area contributed by atoms with E-state index in [0.29, 0.717) is 5.56 Å². The molecule has 2 unspecified atom stereocenters. The van der Waals surface area contributed by atoms with Gasteiger partial charge in [-0.15, -0.1) is 0 Å². The van der Waals surface area contributed by atoms with Crippen LogP contribution in [0.3, 0.4) is 0 Å². The molecule has 0 aliphatic heterocycles. The molecule has 0 aliphatic carbocycles. The van der Waals surface area contributed by atoms with E-state index >= 15 is 0 Å². The molecule has 0 spiro atoms. The minimum Gasteiger partial charge on any atom is -0.363 e. The summed E-state index contributed by atoms with van der Waals surface area (Å²) >= 11 is -1.62. The van der Waals surface area contributed by atoms with Crippen molar-refractivity contribution in [1.82, 2.24) is 0 Å². The number of carbonyl (C=O) groups is 1. The van der Waals surface area contributed by atoms with Crippen molar-refractivity contribution in [2.45, 2.75) is 6.04 Å². The number of nitrogens with two attached hydrogens (primary N) is 1. The van der Waals surface area contributed by atoms with Crippen molar-refractivity contribution in [2.24, 2.45) is 5.73 Å². The van der Waals surface area contributed by atoms with Gasteiger partial charge in [-0.1, -0.05) is 30.3 Å². The van der Waals surface area contributed by atoms with Crippen molar-refractivity contribution in [2.75, 3.05) is 6.26 Å². The van der Waals surface area contributed by atoms with Crippen molar-refractivity contribution >= 4 is 17.0 Å². The Morgan fingerprint density at radius 3 is 2.50 bits per heavy atom. The molecule has 1 rings (SSSR count). The molecule has 2 atom stereocenters. The zero-order valence-corrected chi connectivity index (χ0v) is 8.49. The molecule has 4 nitrogen and oxygen atoms in total. The second-order valence-electron chi connectivity index (χ2n) is 2.69. The van der Waals surface area contributed by atoms with Gasteiger partial charge in [0, 0.05) is 6.26 Å². The number of hydrogen-bond acceptors (Lipinski definition) is 4. The highest BCUT2D eigenvalue weighted by Gasteiger charge is 2.18. The molecule has 0 heterocycles. The number of hydrogen-bond donors (Lipinski definition) is 1. The van der Waals surface area contributed by atoms with Crippen LogP contribution in [-0.4, -0.2) is 16.4 Å². The van der Waals surface area contributed by atoms with Gasteiger partial charge < -0.3 is 9.92 Å². The maximum Gasteiger partial charge on any atom is 0.341 e. The van der Waals surface area contributed by atoms with Crippen LogP contribution in [-0.2, 0) is 20.1 Å². The van der Waals surface area contributed by atoms with E-state index in [1.165, 1.54) is 6.26 Å². The van der Waals surface area contributed by atoms with E-state index in [0.717, 1.165) is 0 Å². The van der Waals surface area contributed by atoms with Gasteiger partial charge in [0.25, 0.3) is 0 Å². The summed E-state index contributed by atoms with van der Waals surface area (Å²) in [5.41, 5.74) is 6.22. The van der Waals surface area contributed by atoms with Gasteiger partial charge in [0.05, 0.1) is 0 Å². The topological polar surface area (TPSA) is 69.4 Å². The van der Waals surface area contributed by atoms with E-state index < -0.39 is 23.1 Å². The molecule has 0 bridgehead atoms. The smallest absolute Gasteiger partial charge is 0.341 e. The monoisotopic (exact) mass is 213 g/mol. The summed E-state index contributed by atoms with van der Waals surface area (Å²) < 4.78 is 15.1. The fourth-order valence-electron chi connectivity index (χ4n) is 0.964. The SMILES string of the molecule is CS(=O)OC(=O)C(N)c1ccccc1. The van der Waals surface area contributed by atoms with Crippen LogP contribution in [0.1, 0.15) is 11.6 Å². The molecule has 0 aliphatic rings. The molecule has 76 valence electrons. The zero-order chi connectivity index (χ0) is 10.6. The molecule has 1 aromatic rings. The Bertz CT molecular complexity index is 339. The van der Waals surface area contributed by atoms with Crippen LogP contribution in [0.4, 0.5) is 0 Å². The zero-order valence-electron chi connectivity index (χ0n) is 7.67. The Morgan fingerprint density at radius 1 is 1.43 bits per heavy atom. The molecule has 0 saturated carbocycles. The summed E-state index contributed by atoms with van der Waals surface area (Å²) in [4.78, 5) is 11.2. The van der Waals surface area contributed by atoms with Crippen LogP contribution in [0.25, 0.3) is 0 Å². The normalized spacial score (nSPS) is 14.4. The van der Waals surface area contributed by atoms with Crippen LogP contribution in [0.5, 0.6) is 0 Å². The molecular weight excluding hydrogens is 202 g/mol. The lowest BCUT2D eigenvalue weighted by Gasteiger charge is -2.08. The van der Waals surface area contributed by atoms with Crippen LogP contribution < -0.4 is 5.73 Å². The Hall–Kier alpha value is -1.20. The lowest BCUT2D eigenvalue weighted by Crippen LogP contribution is -2.24. The molecule has 0 radical (unpaired) electrons. The van der Waals surface area contributed by atoms with E-state index in [2.05, 4.69) is 4.18 Å². The first-order valence-corrected chi connectivity index (χ1v) is 5.45. The summed E-state index contributed by atoms with van der Waals surface area (Å²) in [5, 5.41) is 0. The number of rotatable bonds is 3. The number of benzene rings is 1. The molecular formula is C9H11NO3S. The van der Waals surface area contributed by atoms with Crippen LogP contribution in [0.2, 0.25) is 0 Å². The molecule has 0 fully saturated rings. The predicted molar refractivity (Wildman–Crippen MR) is 53.5 cm³/mol. The van der Waals surface area contributed by atoms with Crippen LogP contribution >= 0.6 is 0 Å². The van der Waals surface area contributed by atoms with Crippen molar-refractivity contribution in [3.8, 4) is 0 Å². The quantitative estimate of drug-likeness (QED) is 0.794. The highest BCUT2D eigenvalue weighted by atomic mass is 32.2. The van der Waals surface area contributed by atoms with Gasteiger partial charge in [0.15, 0.2) is 0 Å². The molecule has 5 heteroatoms. The summed E-state index contributed by atoms with van der Waals surface area (Å²) in [5.74, 6) is -0.683. The van der Waals surface area contributed by atoms with E-state index in [1.54, 1.807) is 24.3 Å².